The molecule has 0 aliphatic carbocycles. The van der Waals surface area contributed by atoms with Crippen LogP contribution in [0, 0.1) is 5.82 Å². The Bertz CT molecular complexity index is 588. The average molecular weight is 275 g/mol. The summed E-state index contributed by atoms with van der Waals surface area (Å²) in [6.07, 6.45) is 2.17. The van der Waals surface area contributed by atoms with E-state index in [2.05, 4.69) is 15.4 Å². The molecule has 0 fully saturated rings. The van der Waals surface area contributed by atoms with Crippen LogP contribution in [0.5, 0.6) is 0 Å². The molecule has 0 aliphatic rings. The number of anilines is 3. The fourth-order valence-electron chi connectivity index (χ4n) is 2.18. The van der Waals surface area contributed by atoms with Crippen molar-refractivity contribution in [3.63, 3.8) is 0 Å². The summed E-state index contributed by atoms with van der Waals surface area (Å²) in [5, 5.41) is 0. The van der Waals surface area contributed by atoms with Gasteiger partial charge in [-0.05, 0) is 31.5 Å². The molecule has 0 aliphatic heterocycles. The van der Waals surface area contributed by atoms with Crippen LogP contribution in [0.4, 0.5) is 21.7 Å². The highest BCUT2D eigenvalue weighted by Crippen LogP contribution is 2.29. The number of nitrogens with zero attached hydrogens (tertiary/aromatic N) is 3. The summed E-state index contributed by atoms with van der Waals surface area (Å²) in [6.45, 7) is 4.65. The van der Waals surface area contributed by atoms with Crippen LogP contribution >= 0.6 is 0 Å². The maximum absolute atomic E-state index is 13.4. The zero-order valence-corrected chi connectivity index (χ0v) is 11.6. The molecule has 0 saturated heterocycles. The molecule has 0 bridgehead atoms. The van der Waals surface area contributed by atoms with Crippen molar-refractivity contribution in [2.45, 2.75) is 20.3 Å². The fraction of sp³-hybridized carbons (Fsp3) is 0.286. The van der Waals surface area contributed by atoms with E-state index in [1.54, 1.807) is 6.07 Å². The molecule has 2 aromatic rings. The molecule has 6 heteroatoms. The van der Waals surface area contributed by atoms with Crippen molar-refractivity contribution in [3.05, 3.63) is 42.0 Å². The number of rotatable bonds is 5. The van der Waals surface area contributed by atoms with Gasteiger partial charge in [0, 0.05) is 17.8 Å². The van der Waals surface area contributed by atoms with Crippen molar-refractivity contribution in [3.8, 4) is 0 Å². The Balaban J connectivity index is 2.52. The normalized spacial score (nSPS) is 10.4. The fourth-order valence-corrected chi connectivity index (χ4v) is 2.18. The second-order valence-electron chi connectivity index (χ2n) is 4.25. The number of hydrogen-bond donors (Lipinski definition) is 2. The maximum atomic E-state index is 13.4. The Morgan fingerprint density at radius 1 is 1.30 bits per heavy atom. The standard InChI is InChI=1S/C14H18FN5/c1-3-12-13(19-16)17-9-18-14(12)20(4-2)11-7-5-6-10(15)8-11/h5-9H,3-4,16H2,1-2H3,(H,17,18,19). The third-order valence-corrected chi connectivity index (χ3v) is 3.10. The number of benzene rings is 1. The van der Waals surface area contributed by atoms with E-state index in [1.807, 2.05) is 24.8 Å². The molecule has 0 saturated carbocycles. The summed E-state index contributed by atoms with van der Waals surface area (Å²) < 4.78 is 13.4. The van der Waals surface area contributed by atoms with Crippen LogP contribution in [0.3, 0.4) is 0 Å². The smallest absolute Gasteiger partial charge is 0.148 e. The summed E-state index contributed by atoms with van der Waals surface area (Å²) in [5.74, 6) is 6.54. The molecule has 5 nitrogen and oxygen atoms in total. The van der Waals surface area contributed by atoms with Gasteiger partial charge >= 0.3 is 0 Å². The van der Waals surface area contributed by atoms with Crippen LogP contribution < -0.4 is 16.2 Å². The van der Waals surface area contributed by atoms with Crippen molar-refractivity contribution in [2.24, 2.45) is 5.84 Å². The summed E-state index contributed by atoms with van der Waals surface area (Å²) >= 11 is 0. The van der Waals surface area contributed by atoms with E-state index in [1.165, 1.54) is 18.5 Å². The van der Waals surface area contributed by atoms with Gasteiger partial charge in [0.25, 0.3) is 0 Å². The molecule has 1 heterocycles. The van der Waals surface area contributed by atoms with E-state index in [0.717, 1.165) is 23.5 Å². The third-order valence-electron chi connectivity index (χ3n) is 3.10. The first-order valence-electron chi connectivity index (χ1n) is 6.54. The van der Waals surface area contributed by atoms with Crippen LogP contribution in [-0.2, 0) is 6.42 Å². The van der Waals surface area contributed by atoms with Gasteiger partial charge in [-0.25, -0.2) is 20.2 Å². The first-order valence-corrected chi connectivity index (χ1v) is 6.54. The highest BCUT2D eigenvalue weighted by atomic mass is 19.1. The van der Waals surface area contributed by atoms with E-state index in [0.29, 0.717) is 12.4 Å². The molecule has 1 aromatic carbocycles. The number of nitrogens with two attached hydrogens (primary N) is 1. The molecule has 0 atom stereocenters. The Labute approximate surface area is 117 Å². The second-order valence-corrected chi connectivity index (χ2v) is 4.25. The lowest BCUT2D eigenvalue weighted by atomic mass is 10.2. The summed E-state index contributed by atoms with van der Waals surface area (Å²) in [5.41, 5.74) is 4.23. The van der Waals surface area contributed by atoms with Crippen molar-refractivity contribution < 1.29 is 4.39 Å². The van der Waals surface area contributed by atoms with E-state index in [4.69, 9.17) is 5.84 Å². The largest absolute Gasteiger partial charge is 0.326 e. The molecular formula is C14H18FN5. The van der Waals surface area contributed by atoms with Gasteiger partial charge in [0.05, 0.1) is 0 Å². The SMILES string of the molecule is CCc1c(NN)ncnc1N(CC)c1cccc(F)c1. The van der Waals surface area contributed by atoms with Gasteiger partial charge in [-0.2, -0.15) is 0 Å². The molecule has 2 rings (SSSR count). The molecule has 106 valence electrons. The number of hydrogen-bond acceptors (Lipinski definition) is 5. The molecule has 0 unspecified atom stereocenters. The predicted molar refractivity (Wildman–Crippen MR) is 78.3 cm³/mol. The predicted octanol–water partition coefficient (Wildman–Crippen LogP) is 2.62. The highest BCUT2D eigenvalue weighted by Gasteiger charge is 2.16. The Morgan fingerprint density at radius 2 is 2.10 bits per heavy atom. The van der Waals surface area contributed by atoms with E-state index in [-0.39, 0.29) is 5.82 Å². The minimum absolute atomic E-state index is 0.273. The topological polar surface area (TPSA) is 67.1 Å². The van der Waals surface area contributed by atoms with Crippen molar-refractivity contribution in [1.29, 1.82) is 0 Å². The number of hydrazine groups is 1. The zero-order valence-electron chi connectivity index (χ0n) is 11.6. The lowest BCUT2D eigenvalue weighted by Crippen LogP contribution is -2.21. The molecule has 0 amide bonds. The Morgan fingerprint density at radius 3 is 2.70 bits per heavy atom. The summed E-state index contributed by atoms with van der Waals surface area (Å²) in [6, 6.07) is 6.44. The maximum Gasteiger partial charge on any atom is 0.148 e. The van der Waals surface area contributed by atoms with Gasteiger partial charge in [-0.15, -0.1) is 0 Å². The van der Waals surface area contributed by atoms with E-state index in [9.17, 15) is 4.39 Å². The lowest BCUT2D eigenvalue weighted by Gasteiger charge is -2.25. The number of nitrogen functional groups attached to an aromatic ring is 1. The van der Waals surface area contributed by atoms with E-state index < -0.39 is 0 Å². The van der Waals surface area contributed by atoms with Gasteiger partial charge in [0.15, 0.2) is 0 Å². The summed E-state index contributed by atoms with van der Waals surface area (Å²) in [4.78, 5) is 10.4. The quantitative estimate of drug-likeness (QED) is 0.648. The van der Waals surface area contributed by atoms with Crippen molar-refractivity contribution >= 4 is 17.3 Å². The minimum Gasteiger partial charge on any atom is -0.326 e. The molecule has 3 N–H and O–H groups in total. The second kappa shape index (κ2) is 6.29. The van der Waals surface area contributed by atoms with Gasteiger partial charge in [-0.1, -0.05) is 13.0 Å². The first kappa shape index (κ1) is 14.2. The molecule has 1 aromatic heterocycles. The van der Waals surface area contributed by atoms with Crippen molar-refractivity contribution in [1.82, 2.24) is 9.97 Å². The number of halogens is 1. The zero-order chi connectivity index (χ0) is 14.5. The van der Waals surface area contributed by atoms with Gasteiger partial charge < -0.3 is 10.3 Å². The van der Waals surface area contributed by atoms with Crippen LogP contribution in [0.2, 0.25) is 0 Å². The van der Waals surface area contributed by atoms with Crippen LogP contribution in [0.1, 0.15) is 19.4 Å². The molecule has 0 radical (unpaired) electrons. The van der Waals surface area contributed by atoms with Gasteiger partial charge in [0.1, 0.15) is 23.8 Å². The van der Waals surface area contributed by atoms with Gasteiger partial charge in [0.2, 0.25) is 0 Å². The average Bonchev–Trinajstić information content (AvgIpc) is 2.47. The monoisotopic (exact) mass is 275 g/mol. The number of nitrogens with one attached hydrogen (secondary N) is 1. The molecular weight excluding hydrogens is 257 g/mol. The first-order chi connectivity index (χ1) is 9.71. The Hall–Kier alpha value is -2.21. The van der Waals surface area contributed by atoms with Crippen molar-refractivity contribution in [2.75, 3.05) is 16.9 Å². The molecule has 0 spiro atoms. The number of aromatic nitrogens is 2. The molecule has 20 heavy (non-hydrogen) atoms. The van der Waals surface area contributed by atoms with E-state index >= 15 is 0 Å². The van der Waals surface area contributed by atoms with Crippen LogP contribution in [0.25, 0.3) is 0 Å². The van der Waals surface area contributed by atoms with Gasteiger partial charge in [-0.3, -0.25) is 0 Å². The Kier molecular flexibility index (Phi) is 4.47. The minimum atomic E-state index is -0.273. The highest BCUT2D eigenvalue weighted by molar-refractivity contribution is 5.67. The third kappa shape index (κ3) is 2.70. The lowest BCUT2D eigenvalue weighted by molar-refractivity contribution is 0.627. The van der Waals surface area contributed by atoms with Crippen LogP contribution in [0.15, 0.2) is 30.6 Å². The summed E-state index contributed by atoms with van der Waals surface area (Å²) in [7, 11) is 0. The van der Waals surface area contributed by atoms with Crippen LogP contribution in [-0.4, -0.2) is 16.5 Å².